The summed E-state index contributed by atoms with van der Waals surface area (Å²) in [7, 11) is 3.42. The predicted octanol–water partition coefficient (Wildman–Crippen LogP) is 3.30. The van der Waals surface area contributed by atoms with Crippen LogP contribution in [0.3, 0.4) is 0 Å². The molecule has 0 radical (unpaired) electrons. The molecule has 0 atom stereocenters. The van der Waals surface area contributed by atoms with E-state index in [4.69, 9.17) is 0 Å². The largest absolute Gasteiger partial charge is 0.345 e. The molecule has 2 rings (SSSR count). The molecule has 2 amide bonds. The van der Waals surface area contributed by atoms with Crippen molar-refractivity contribution >= 4 is 17.5 Å². The quantitative estimate of drug-likeness (QED) is 0.942. The maximum Gasteiger partial charge on any atom is 0.253 e. The van der Waals surface area contributed by atoms with Crippen molar-refractivity contribution in [2.24, 2.45) is 0 Å². The van der Waals surface area contributed by atoms with Gasteiger partial charge in [0.25, 0.3) is 5.91 Å². The fraction of sp³-hybridized carbons (Fsp3) is 0.263. The summed E-state index contributed by atoms with van der Waals surface area (Å²) in [6.45, 7) is 3.78. The molecule has 0 spiro atoms. The topological polar surface area (TPSA) is 49.4 Å². The highest BCUT2D eigenvalue weighted by atomic mass is 16.2. The van der Waals surface area contributed by atoms with Gasteiger partial charge in [0, 0.05) is 25.3 Å². The second-order valence-electron chi connectivity index (χ2n) is 6.22. The maximum atomic E-state index is 12.6. The lowest BCUT2D eigenvalue weighted by molar-refractivity contribution is -0.120. The average Bonchev–Trinajstić information content (AvgIpc) is 2.55. The minimum Gasteiger partial charge on any atom is -0.345 e. The zero-order chi connectivity index (χ0) is 17.0. The average molecular weight is 310 g/mol. The molecule has 4 heteroatoms. The summed E-state index contributed by atoms with van der Waals surface area (Å²) in [5.74, 6) is -0.150. The maximum absolute atomic E-state index is 12.6. The Morgan fingerprint density at radius 3 is 2.00 bits per heavy atom. The van der Waals surface area contributed by atoms with E-state index in [0.717, 1.165) is 5.56 Å². The van der Waals surface area contributed by atoms with Gasteiger partial charge in [-0.2, -0.15) is 0 Å². The van der Waals surface area contributed by atoms with E-state index in [1.165, 1.54) is 4.90 Å². The second-order valence-corrected chi connectivity index (χ2v) is 6.22. The third-order valence-corrected chi connectivity index (χ3v) is 3.86. The Bertz CT molecular complexity index is 689. The lowest BCUT2D eigenvalue weighted by atomic mass is 9.83. The Morgan fingerprint density at radius 1 is 0.913 bits per heavy atom. The number of hydrogen-bond acceptors (Lipinski definition) is 2. The van der Waals surface area contributed by atoms with Crippen molar-refractivity contribution in [1.29, 1.82) is 0 Å². The summed E-state index contributed by atoms with van der Waals surface area (Å²) in [6, 6.07) is 16.6. The molecule has 0 saturated carbocycles. The number of anilines is 1. The Hall–Kier alpha value is -2.62. The molecule has 2 aromatic carbocycles. The van der Waals surface area contributed by atoms with Crippen molar-refractivity contribution in [2.75, 3.05) is 19.4 Å². The highest BCUT2D eigenvalue weighted by Gasteiger charge is 2.29. The fourth-order valence-corrected chi connectivity index (χ4v) is 2.23. The first-order valence-corrected chi connectivity index (χ1v) is 7.51. The van der Waals surface area contributed by atoms with E-state index in [2.05, 4.69) is 5.32 Å². The first kappa shape index (κ1) is 16.7. The van der Waals surface area contributed by atoms with Crippen LogP contribution >= 0.6 is 0 Å². The van der Waals surface area contributed by atoms with Crippen LogP contribution < -0.4 is 5.32 Å². The van der Waals surface area contributed by atoms with E-state index in [0.29, 0.717) is 11.3 Å². The summed E-state index contributed by atoms with van der Waals surface area (Å²) >= 11 is 0. The highest BCUT2D eigenvalue weighted by Crippen LogP contribution is 2.25. The third kappa shape index (κ3) is 3.77. The van der Waals surface area contributed by atoms with Crippen LogP contribution in [-0.4, -0.2) is 30.8 Å². The van der Waals surface area contributed by atoms with Crippen molar-refractivity contribution < 1.29 is 9.59 Å². The normalized spacial score (nSPS) is 11.0. The van der Waals surface area contributed by atoms with Gasteiger partial charge >= 0.3 is 0 Å². The minimum atomic E-state index is -0.639. The molecule has 0 saturated heterocycles. The van der Waals surface area contributed by atoms with Gasteiger partial charge in [-0.25, -0.2) is 0 Å². The van der Waals surface area contributed by atoms with Crippen LogP contribution in [0.4, 0.5) is 5.69 Å². The van der Waals surface area contributed by atoms with Gasteiger partial charge in [-0.05, 0) is 43.7 Å². The number of benzene rings is 2. The monoisotopic (exact) mass is 310 g/mol. The SMILES string of the molecule is CN(C)C(=O)c1ccc(NC(=O)C(C)(C)c2ccccc2)cc1. The Kier molecular flexibility index (Phi) is 4.84. The molecule has 0 heterocycles. The van der Waals surface area contributed by atoms with E-state index in [9.17, 15) is 9.59 Å². The van der Waals surface area contributed by atoms with E-state index in [1.54, 1.807) is 38.4 Å². The van der Waals surface area contributed by atoms with Crippen molar-refractivity contribution in [3.8, 4) is 0 Å². The van der Waals surface area contributed by atoms with Gasteiger partial charge in [-0.1, -0.05) is 30.3 Å². The van der Waals surface area contributed by atoms with E-state index < -0.39 is 5.41 Å². The van der Waals surface area contributed by atoms with Gasteiger partial charge < -0.3 is 10.2 Å². The predicted molar refractivity (Wildman–Crippen MR) is 92.6 cm³/mol. The Balaban J connectivity index is 2.13. The molecule has 0 unspecified atom stereocenters. The van der Waals surface area contributed by atoms with Crippen LogP contribution in [-0.2, 0) is 10.2 Å². The van der Waals surface area contributed by atoms with Gasteiger partial charge in [0.15, 0.2) is 0 Å². The van der Waals surface area contributed by atoms with Gasteiger partial charge in [0.05, 0.1) is 5.41 Å². The number of hydrogen-bond donors (Lipinski definition) is 1. The number of nitrogens with zero attached hydrogens (tertiary/aromatic N) is 1. The van der Waals surface area contributed by atoms with Crippen LogP contribution in [0.15, 0.2) is 54.6 Å². The van der Waals surface area contributed by atoms with Crippen molar-refractivity contribution in [1.82, 2.24) is 4.90 Å². The molecule has 0 bridgehead atoms. The van der Waals surface area contributed by atoms with Crippen LogP contribution in [0, 0.1) is 0 Å². The standard InChI is InChI=1S/C19H22N2O2/c1-19(2,15-8-6-5-7-9-15)18(23)20-16-12-10-14(11-13-16)17(22)21(3)4/h5-13H,1-4H3,(H,20,23). The van der Waals surface area contributed by atoms with Crippen molar-refractivity contribution in [3.63, 3.8) is 0 Å². The summed E-state index contributed by atoms with van der Waals surface area (Å²) in [4.78, 5) is 26.0. The van der Waals surface area contributed by atoms with E-state index >= 15 is 0 Å². The molecule has 2 aromatic rings. The van der Waals surface area contributed by atoms with Crippen LogP contribution in [0.5, 0.6) is 0 Å². The number of rotatable bonds is 4. The number of carbonyl (C=O) groups excluding carboxylic acids is 2. The van der Waals surface area contributed by atoms with Crippen LogP contribution in [0.2, 0.25) is 0 Å². The van der Waals surface area contributed by atoms with Crippen LogP contribution in [0.1, 0.15) is 29.8 Å². The first-order chi connectivity index (χ1) is 10.8. The summed E-state index contributed by atoms with van der Waals surface area (Å²) in [5, 5.41) is 2.91. The molecule has 120 valence electrons. The van der Waals surface area contributed by atoms with Gasteiger partial charge in [-0.15, -0.1) is 0 Å². The zero-order valence-corrected chi connectivity index (χ0v) is 14.0. The lowest BCUT2D eigenvalue weighted by Gasteiger charge is -2.24. The van der Waals surface area contributed by atoms with E-state index in [-0.39, 0.29) is 11.8 Å². The van der Waals surface area contributed by atoms with Gasteiger partial charge in [0.2, 0.25) is 5.91 Å². The molecule has 0 aliphatic carbocycles. The highest BCUT2D eigenvalue weighted by molar-refractivity contribution is 5.99. The second kappa shape index (κ2) is 6.65. The summed E-state index contributed by atoms with van der Waals surface area (Å²) in [5.41, 5.74) is 1.58. The Morgan fingerprint density at radius 2 is 1.48 bits per heavy atom. The summed E-state index contributed by atoms with van der Waals surface area (Å²) in [6.07, 6.45) is 0. The number of carbonyl (C=O) groups is 2. The van der Waals surface area contributed by atoms with Crippen LogP contribution in [0.25, 0.3) is 0 Å². The molecule has 4 nitrogen and oxygen atoms in total. The molecule has 1 N–H and O–H groups in total. The third-order valence-electron chi connectivity index (χ3n) is 3.86. The van der Waals surface area contributed by atoms with Gasteiger partial charge in [-0.3, -0.25) is 9.59 Å². The number of nitrogens with one attached hydrogen (secondary N) is 1. The van der Waals surface area contributed by atoms with E-state index in [1.807, 2.05) is 44.2 Å². The smallest absolute Gasteiger partial charge is 0.253 e. The van der Waals surface area contributed by atoms with Crippen molar-refractivity contribution in [3.05, 3.63) is 65.7 Å². The van der Waals surface area contributed by atoms with Crippen molar-refractivity contribution in [2.45, 2.75) is 19.3 Å². The first-order valence-electron chi connectivity index (χ1n) is 7.51. The lowest BCUT2D eigenvalue weighted by Crippen LogP contribution is -2.34. The molecular formula is C19H22N2O2. The summed E-state index contributed by atoms with van der Waals surface area (Å²) < 4.78 is 0. The van der Waals surface area contributed by atoms with Gasteiger partial charge in [0.1, 0.15) is 0 Å². The molecule has 0 aliphatic heterocycles. The number of amides is 2. The molecule has 0 aromatic heterocycles. The minimum absolute atomic E-state index is 0.0625. The molecule has 23 heavy (non-hydrogen) atoms. The zero-order valence-electron chi connectivity index (χ0n) is 14.0. The Labute approximate surface area is 137 Å². The fourth-order valence-electron chi connectivity index (χ4n) is 2.23. The molecular weight excluding hydrogens is 288 g/mol. The molecule has 0 fully saturated rings. The molecule has 0 aliphatic rings.